The second-order valence-electron chi connectivity index (χ2n) is 7.72. The zero-order valence-corrected chi connectivity index (χ0v) is 16.9. The first-order valence-electron chi connectivity index (χ1n) is 10.3. The van der Waals surface area contributed by atoms with Crippen LogP contribution in [0.2, 0.25) is 0 Å². The Morgan fingerprint density at radius 2 is 1.77 bits per heavy atom. The number of carbonyl (C=O) groups excluding carboxylic acids is 2. The van der Waals surface area contributed by atoms with Crippen molar-refractivity contribution in [2.24, 2.45) is 5.16 Å². The van der Waals surface area contributed by atoms with Crippen molar-refractivity contribution < 1.29 is 14.8 Å². The summed E-state index contributed by atoms with van der Waals surface area (Å²) in [7, 11) is 0. The van der Waals surface area contributed by atoms with E-state index in [1.165, 1.54) is 0 Å². The van der Waals surface area contributed by atoms with Gasteiger partial charge < -0.3 is 15.4 Å². The normalized spacial score (nSPS) is 17.4. The molecule has 0 spiro atoms. The first-order chi connectivity index (χ1) is 14.6. The Bertz CT molecular complexity index is 950. The van der Waals surface area contributed by atoms with Gasteiger partial charge in [0, 0.05) is 56.8 Å². The number of amides is 2. The first kappa shape index (κ1) is 20.1. The number of hydrogen-bond acceptors (Lipinski definition) is 5. The maximum Gasteiger partial charge on any atom is 0.253 e. The summed E-state index contributed by atoms with van der Waals surface area (Å²) >= 11 is 0. The molecule has 2 aromatic rings. The summed E-state index contributed by atoms with van der Waals surface area (Å²) in [5, 5.41) is 15.7. The van der Waals surface area contributed by atoms with Crippen molar-refractivity contribution in [1.82, 2.24) is 9.80 Å². The predicted molar refractivity (Wildman–Crippen MR) is 115 cm³/mol. The van der Waals surface area contributed by atoms with E-state index in [4.69, 9.17) is 0 Å². The summed E-state index contributed by atoms with van der Waals surface area (Å²) in [6.45, 7) is 3.71. The van der Waals surface area contributed by atoms with E-state index in [0.717, 1.165) is 36.4 Å². The Morgan fingerprint density at radius 3 is 2.50 bits per heavy atom. The first-order valence-corrected chi connectivity index (χ1v) is 10.3. The molecule has 30 heavy (non-hydrogen) atoms. The van der Waals surface area contributed by atoms with Crippen LogP contribution in [0.25, 0.3) is 0 Å². The quantitative estimate of drug-likeness (QED) is 0.454. The highest BCUT2D eigenvalue weighted by molar-refractivity contribution is 6.00. The van der Waals surface area contributed by atoms with Crippen molar-refractivity contribution >= 4 is 23.2 Å². The zero-order valence-electron chi connectivity index (χ0n) is 16.9. The van der Waals surface area contributed by atoms with Crippen LogP contribution in [-0.4, -0.2) is 65.3 Å². The standard InChI is InChI=1S/C23H26N4O3/c28-22-9-7-18-16-19(6-8-20(18)24-22)23(29)27-14-12-26(13-15-27)11-10-21(25-30)17-4-2-1-3-5-17/h1-6,8,16,30H,7,9-15H2,(H,24,28). The fourth-order valence-corrected chi connectivity index (χ4v) is 4.02. The smallest absolute Gasteiger partial charge is 0.253 e. The van der Waals surface area contributed by atoms with Gasteiger partial charge in [0.05, 0.1) is 5.71 Å². The second kappa shape index (κ2) is 9.09. The summed E-state index contributed by atoms with van der Waals surface area (Å²) in [6, 6.07) is 15.2. The molecule has 4 rings (SSSR count). The van der Waals surface area contributed by atoms with Gasteiger partial charge in [0.2, 0.25) is 5.91 Å². The third kappa shape index (κ3) is 4.52. The highest BCUT2D eigenvalue weighted by Crippen LogP contribution is 2.24. The number of nitrogens with zero attached hydrogens (tertiary/aromatic N) is 3. The second-order valence-corrected chi connectivity index (χ2v) is 7.72. The number of nitrogens with one attached hydrogen (secondary N) is 1. The van der Waals surface area contributed by atoms with Gasteiger partial charge in [-0.1, -0.05) is 35.5 Å². The molecule has 0 saturated carbocycles. The van der Waals surface area contributed by atoms with Crippen LogP contribution in [0.5, 0.6) is 0 Å². The van der Waals surface area contributed by atoms with E-state index >= 15 is 0 Å². The van der Waals surface area contributed by atoms with Gasteiger partial charge in [0.1, 0.15) is 0 Å². The third-order valence-corrected chi connectivity index (χ3v) is 5.80. The molecule has 0 unspecified atom stereocenters. The molecule has 2 aromatic carbocycles. The minimum Gasteiger partial charge on any atom is -0.411 e. The maximum absolute atomic E-state index is 12.9. The average molecular weight is 406 g/mol. The third-order valence-electron chi connectivity index (χ3n) is 5.80. The maximum atomic E-state index is 12.9. The van der Waals surface area contributed by atoms with Gasteiger partial charge in [-0.25, -0.2) is 0 Å². The van der Waals surface area contributed by atoms with E-state index in [1.807, 2.05) is 47.4 Å². The summed E-state index contributed by atoms with van der Waals surface area (Å²) < 4.78 is 0. The molecular formula is C23H26N4O3. The molecule has 7 nitrogen and oxygen atoms in total. The molecule has 1 fully saturated rings. The van der Waals surface area contributed by atoms with Crippen LogP contribution in [0.1, 0.15) is 34.3 Å². The lowest BCUT2D eigenvalue weighted by Crippen LogP contribution is -2.49. The number of anilines is 1. The van der Waals surface area contributed by atoms with Crippen LogP contribution >= 0.6 is 0 Å². The van der Waals surface area contributed by atoms with Crippen LogP contribution < -0.4 is 5.32 Å². The van der Waals surface area contributed by atoms with E-state index < -0.39 is 0 Å². The van der Waals surface area contributed by atoms with Gasteiger partial charge in [-0.2, -0.15) is 0 Å². The minimum absolute atomic E-state index is 0.0272. The van der Waals surface area contributed by atoms with Gasteiger partial charge in [-0.15, -0.1) is 0 Å². The molecule has 0 aromatic heterocycles. The van der Waals surface area contributed by atoms with Crippen molar-refractivity contribution in [3.8, 4) is 0 Å². The van der Waals surface area contributed by atoms with Crippen LogP contribution in [-0.2, 0) is 11.2 Å². The van der Waals surface area contributed by atoms with Crippen LogP contribution in [0.15, 0.2) is 53.7 Å². The Kier molecular flexibility index (Phi) is 6.09. The topological polar surface area (TPSA) is 85.2 Å². The minimum atomic E-state index is 0.0272. The lowest BCUT2D eigenvalue weighted by molar-refractivity contribution is -0.116. The molecule has 1 saturated heterocycles. The van der Waals surface area contributed by atoms with E-state index in [2.05, 4.69) is 15.4 Å². The van der Waals surface area contributed by atoms with Crippen molar-refractivity contribution in [1.29, 1.82) is 0 Å². The lowest BCUT2D eigenvalue weighted by atomic mass is 10.00. The Hall–Kier alpha value is -3.19. The summed E-state index contributed by atoms with van der Waals surface area (Å²) in [4.78, 5) is 28.6. The average Bonchev–Trinajstić information content (AvgIpc) is 2.80. The van der Waals surface area contributed by atoms with Gasteiger partial charge >= 0.3 is 0 Å². The van der Waals surface area contributed by atoms with Crippen molar-refractivity contribution in [2.45, 2.75) is 19.3 Å². The van der Waals surface area contributed by atoms with Crippen LogP contribution in [0.4, 0.5) is 5.69 Å². The van der Waals surface area contributed by atoms with Gasteiger partial charge in [0.15, 0.2) is 0 Å². The van der Waals surface area contributed by atoms with E-state index in [9.17, 15) is 14.8 Å². The number of carbonyl (C=O) groups is 2. The summed E-state index contributed by atoms with van der Waals surface area (Å²) in [6.07, 6.45) is 1.79. The van der Waals surface area contributed by atoms with Crippen LogP contribution in [0.3, 0.4) is 0 Å². The predicted octanol–water partition coefficient (Wildman–Crippen LogP) is 2.60. The monoisotopic (exact) mass is 406 g/mol. The molecular weight excluding hydrogens is 380 g/mol. The SMILES string of the molecule is O=C1CCc2cc(C(=O)N3CCN(CCC(=NO)c4ccccc4)CC3)ccc2N1. The Balaban J connectivity index is 1.30. The summed E-state index contributed by atoms with van der Waals surface area (Å²) in [5.41, 5.74) is 4.12. The highest BCUT2D eigenvalue weighted by atomic mass is 16.4. The van der Waals surface area contributed by atoms with Gasteiger partial charge in [-0.05, 0) is 35.7 Å². The van der Waals surface area contributed by atoms with E-state index in [0.29, 0.717) is 43.6 Å². The molecule has 2 aliphatic heterocycles. The Morgan fingerprint density at radius 1 is 1.00 bits per heavy atom. The molecule has 0 bridgehead atoms. The Labute approximate surface area is 176 Å². The number of piperazine rings is 1. The summed E-state index contributed by atoms with van der Waals surface area (Å²) in [5.74, 6) is 0.0654. The largest absolute Gasteiger partial charge is 0.411 e. The fourth-order valence-electron chi connectivity index (χ4n) is 4.02. The zero-order chi connectivity index (χ0) is 20.9. The number of aryl methyl sites for hydroxylation is 1. The number of fused-ring (bicyclic) bond motifs is 1. The number of hydrogen-bond donors (Lipinski definition) is 2. The van der Waals surface area contributed by atoms with Crippen molar-refractivity contribution in [3.63, 3.8) is 0 Å². The fraction of sp³-hybridized carbons (Fsp3) is 0.348. The lowest BCUT2D eigenvalue weighted by Gasteiger charge is -2.35. The number of oxime groups is 1. The van der Waals surface area contributed by atoms with Gasteiger partial charge in [-0.3, -0.25) is 14.5 Å². The van der Waals surface area contributed by atoms with Crippen molar-refractivity contribution in [3.05, 3.63) is 65.2 Å². The van der Waals surface area contributed by atoms with Crippen LogP contribution in [0, 0.1) is 0 Å². The number of rotatable bonds is 5. The molecule has 0 atom stereocenters. The van der Waals surface area contributed by atoms with E-state index in [1.54, 1.807) is 6.07 Å². The molecule has 2 heterocycles. The molecule has 0 aliphatic carbocycles. The molecule has 156 valence electrons. The molecule has 2 amide bonds. The molecule has 2 N–H and O–H groups in total. The molecule has 2 aliphatic rings. The van der Waals surface area contributed by atoms with Gasteiger partial charge in [0.25, 0.3) is 5.91 Å². The van der Waals surface area contributed by atoms with Crippen molar-refractivity contribution in [2.75, 3.05) is 38.0 Å². The van der Waals surface area contributed by atoms with E-state index in [-0.39, 0.29) is 11.8 Å². The molecule has 7 heteroatoms. The molecule has 0 radical (unpaired) electrons. The highest BCUT2D eigenvalue weighted by Gasteiger charge is 2.24. The number of benzene rings is 2.